The summed E-state index contributed by atoms with van der Waals surface area (Å²) >= 11 is 0. The molecule has 1 aromatic rings. The van der Waals surface area contributed by atoms with E-state index in [0.29, 0.717) is 6.42 Å². The summed E-state index contributed by atoms with van der Waals surface area (Å²) in [6.45, 7) is 1.98. The highest BCUT2D eigenvalue weighted by Gasteiger charge is 2.03. The Morgan fingerprint density at radius 2 is 2.38 bits per heavy atom. The lowest BCUT2D eigenvalue weighted by Crippen LogP contribution is -2.02. The van der Waals surface area contributed by atoms with E-state index in [0.717, 1.165) is 17.9 Å². The summed E-state index contributed by atoms with van der Waals surface area (Å²) in [6, 6.07) is 0. The zero-order valence-corrected chi connectivity index (χ0v) is 7.95. The molecular formula is C9H14N2O2. The number of hydrogen-bond donors (Lipinski definition) is 1. The first kappa shape index (κ1) is 9.77. The van der Waals surface area contributed by atoms with E-state index in [1.54, 1.807) is 6.20 Å². The van der Waals surface area contributed by atoms with Gasteiger partial charge in [0.2, 0.25) is 0 Å². The average molecular weight is 182 g/mol. The van der Waals surface area contributed by atoms with Crippen LogP contribution in [-0.2, 0) is 18.3 Å². The zero-order chi connectivity index (χ0) is 9.84. The third kappa shape index (κ3) is 2.57. The number of carboxylic acids is 1. The molecule has 0 atom stereocenters. The molecule has 0 saturated heterocycles. The van der Waals surface area contributed by atoms with Crippen molar-refractivity contribution >= 4 is 5.97 Å². The van der Waals surface area contributed by atoms with E-state index in [4.69, 9.17) is 5.11 Å². The minimum Gasteiger partial charge on any atom is -0.481 e. The quantitative estimate of drug-likeness (QED) is 0.759. The molecule has 0 aliphatic carbocycles. The van der Waals surface area contributed by atoms with E-state index in [-0.39, 0.29) is 6.42 Å². The lowest BCUT2D eigenvalue weighted by molar-refractivity contribution is -0.137. The molecule has 0 spiro atoms. The fourth-order valence-corrected chi connectivity index (χ4v) is 1.17. The van der Waals surface area contributed by atoms with Crippen LogP contribution in [0.25, 0.3) is 0 Å². The standard InChI is InChI=1S/C9H14N2O2/c1-7-6-10-8(11(7)2)4-3-5-9(12)13/h6H,3-5H2,1-2H3,(H,12,13). The van der Waals surface area contributed by atoms with Crippen LogP contribution < -0.4 is 0 Å². The molecule has 13 heavy (non-hydrogen) atoms. The third-order valence-electron chi connectivity index (χ3n) is 2.11. The highest BCUT2D eigenvalue weighted by molar-refractivity contribution is 5.66. The summed E-state index contributed by atoms with van der Waals surface area (Å²) in [5.41, 5.74) is 1.10. The van der Waals surface area contributed by atoms with Gasteiger partial charge in [-0.1, -0.05) is 0 Å². The number of aryl methyl sites for hydroxylation is 2. The summed E-state index contributed by atoms with van der Waals surface area (Å²) in [4.78, 5) is 14.4. The van der Waals surface area contributed by atoms with E-state index < -0.39 is 5.97 Å². The number of imidazole rings is 1. The molecular weight excluding hydrogens is 168 g/mol. The first-order valence-corrected chi connectivity index (χ1v) is 4.30. The van der Waals surface area contributed by atoms with Crippen LogP contribution in [-0.4, -0.2) is 20.6 Å². The molecule has 1 aromatic heterocycles. The van der Waals surface area contributed by atoms with Crippen molar-refractivity contribution in [3.05, 3.63) is 17.7 Å². The number of carbonyl (C=O) groups is 1. The van der Waals surface area contributed by atoms with Crippen LogP contribution in [0.1, 0.15) is 24.4 Å². The van der Waals surface area contributed by atoms with Crippen molar-refractivity contribution in [1.29, 1.82) is 0 Å². The third-order valence-corrected chi connectivity index (χ3v) is 2.11. The van der Waals surface area contributed by atoms with Crippen LogP contribution in [0.15, 0.2) is 6.20 Å². The molecule has 0 unspecified atom stereocenters. The van der Waals surface area contributed by atoms with Gasteiger partial charge in [0.15, 0.2) is 0 Å². The molecule has 4 nitrogen and oxygen atoms in total. The van der Waals surface area contributed by atoms with Gasteiger partial charge in [-0.3, -0.25) is 4.79 Å². The predicted octanol–water partition coefficient (Wildman–Crippen LogP) is 1.14. The van der Waals surface area contributed by atoms with Crippen LogP contribution >= 0.6 is 0 Å². The second-order valence-electron chi connectivity index (χ2n) is 3.12. The highest BCUT2D eigenvalue weighted by Crippen LogP contribution is 2.05. The van der Waals surface area contributed by atoms with Crippen molar-refractivity contribution in [1.82, 2.24) is 9.55 Å². The van der Waals surface area contributed by atoms with Crippen molar-refractivity contribution in [3.8, 4) is 0 Å². The molecule has 0 aliphatic heterocycles. The average Bonchev–Trinajstić information content (AvgIpc) is 2.35. The number of nitrogens with zero attached hydrogens (tertiary/aromatic N) is 2. The smallest absolute Gasteiger partial charge is 0.303 e. The SMILES string of the molecule is Cc1cnc(CCCC(=O)O)n1C. The first-order chi connectivity index (χ1) is 6.11. The lowest BCUT2D eigenvalue weighted by Gasteiger charge is -2.01. The highest BCUT2D eigenvalue weighted by atomic mass is 16.4. The van der Waals surface area contributed by atoms with E-state index in [9.17, 15) is 4.79 Å². The molecule has 72 valence electrons. The Kier molecular flexibility index (Phi) is 3.06. The van der Waals surface area contributed by atoms with Crippen LogP contribution in [0.5, 0.6) is 0 Å². The fourth-order valence-electron chi connectivity index (χ4n) is 1.17. The lowest BCUT2D eigenvalue weighted by atomic mass is 10.2. The van der Waals surface area contributed by atoms with E-state index in [1.165, 1.54) is 0 Å². The monoisotopic (exact) mass is 182 g/mol. The summed E-state index contributed by atoms with van der Waals surface area (Å²) in [7, 11) is 1.94. The van der Waals surface area contributed by atoms with Gasteiger partial charge in [0.25, 0.3) is 0 Å². The molecule has 0 radical (unpaired) electrons. The summed E-state index contributed by atoms with van der Waals surface area (Å²) < 4.78 is 1.99. The Labute approximate surface area is 77.2 Å². The maximum absolute atomic E-state index is 10.3. The van der Waals surface area contributed by atoms with Gasteiger partial charge in [-0.05, 0) is 13.3 Å². The van der Waals surface area contributed by atoms with Gasteiger partial charge in [-0.2, -0.15) is 0 Å². The van der Waals surface area contributed by atoms with Crippen molar-refractivity contribution in [2.24, 2.45) is 7.05 Å². The molecule has 1 heterocycles. The number of aliphatic carboxylic acids is 1. The molecule has 1 rings (SSSR count). The Bertz CT molecular complexity index is 305. The molecule has 4 heteroatoms. The van der Waals surface area contributed by atoms with Gasteiger partial charge >= 0.3 is 5.97 Å². The second kappa shape index (κ2) is 4.07. The molecule has 0 amide bonds. The van der Waals surface area contributed by atoms with Crippen molar-refractivity contribution < 1.29 is 9.90 Å². The molecule has 0 bridgehead atoms. The van der Waals surface area contributed by atoms with Crippen LogP contribution in [0.2, 0.25) is 0 Å². The van der Waals surface area contributed by atoms with Crippen molar-refractivity contribution in [3.63, 3.8) is 0 Å². The second-order valence-corrected chi connectivity index (χ2v) is 3.12. The summed E-state index contributed by atoms with van der Waals surface area (Å²) in [5, 5.41) is 8.44. The normalized spacial score (nSPS) is 10.3. The zero-order valence-electron chi connectivity index (χ0n) is 7.95. The Morgan fingerprint density at radius 1 is 1.69 bits per heavy atom. The van der Waals surface area contributed by atoms with E-state index in [2.05, 4.69) is 4.98 Å². The largest absolute Gasteiger partial charge is 0.481 e. The number of aromatic nitrogens is 2. The first-order valence-electron chi connectivity index (χ1n) is 4.30. The summed E-state index contributed by atoms with van der Waals surface area (Å²) in [5.74, 6) is 0.213. The maximum Gasteiger partial charge on any atom is 0.303 e. The van der Waals surface area contributed by atoms with Crippen molar-refractivity contribution in [2.75, 3.05) is 0 Å². The minimum absolute atomic E-state index is 0.214. The van der Waals surface area contributed by atoms with Crippen molar-refractivity contribution in [2.45, 2.75) is 26.2 Å². The van der Waals surface area contributed by atoms with Crippen LogP contribution in [0, 0.1) is 6.92 Å². The number of hydrogen-bond acceptors (Lipinski definition) is 2. The molecule has 0 saturated carbocycles. The summed E-state index contributed by atoms with van der Waals surface area (Å²) in [6.07, 6.45) is 3.40. The molecule has 0 fully saturated rings. The van der Waals surface area contributed by atoms with Gasteiger partial charge in [0.1, 0.15) is 5.82 Å². The van der Waals surface area contributed by atoms with Gasteiger partial charge in [0, 0.05) is 31.8 Å². The Balaban J connectivity index is 2.45. The van der Waals surface area contributed by atoms with Crippen LogP contribution in [0.4, 0.5) is 0 Å². The Morgan fingerprint density at radius 3 is 2.85 bits per heavy atom. The Hall–Kier alpha value is -1.32. The van der Waals surface area contributed by atoms with E-state index >= 15 is 0 Å². The number of rotatable bonds is 4. The predicted molar refractivity (Wildman–Crippen MR) is 48.5 cm³/mol. The van der Waals surface area contributed by atoms with Gasteiger partial charge in [-0.25, -0.2) is 4.98 Å². The maximum atomic E-state index is 10.3. The molecule has 0 aromatic carbocycles. The topological polar surface area (TPSA) is 55.1 Å². The van der Waals surface area contributed by atoms with Gasteiger partial charge < -0.3 is 9.67 Å². The van der Waals surface area contributed by atoms with Gasteiger partial charge in [-0.15, -0.1) is 0 Å². The van der Waals surface area contributed by atoms with Crippen LogP contribution in [0.3, 0.4) is 0 Å². The van der Waals surface area contributed by atoms with Gasteiger partial charge in [0.05, 0.1) is 0 Å². The number of carboxylic acid groups (broad SMARTS) is 1. The van der Waals surface area contributed by atoms with E-state index in [1.807, 2.05) is 18.5 Å². The fraction of sp³-hybridized carbons (Fsp3) is 0.556. The molecule has 0 aliphatic rings. The minimum atomic E-state index is -0.745. The molecule has 1 N–H and O–H groups in total.